The van der Waals surface area contributed by atoms with Crippen molar-refractivity contribution >= 4 is 17.3 Å². The fraction of sp³-hybridized carbons (Fsp3) is 0.267. The Bertz CT molecular complexity index is 678. The molecule has 2 rings (SSSR count). The van der Waals surface area contributed by atoms with Gasteiger partial charge in [0.2, 0.25) is 0 Å². The van der Waals surface area contributed by atoms with E-state index in [1.165, 1.54) is 0 Å². The minimum Gasteiger partial charge on any atom is -0.495 e. The van der Waals surface area contributed by atoms with Crippen molar-refractivity contribution < 1.29 is 4.74 Å². The Balaban J connectivity index is 2.40. The number of hydrogen-bond acceptors (Lipinski definition) is 6. The molecule has 0 unspecified atom stereocenters. The number of anilines is 3. The maximum Gasteiger partial charge on any atom is 0.143 e. The molecule has 0 aliphatic heterocycles. The molecule has 0 bridgehead atoms. The first-order chi connectivity index (χ1) is 10.2. The standard InChI is InChI=1S/C15H17N5O/c1-4-17-13-8-14(19-10(2)18-13)20-15-11(9-16)6-5-7-12(15)21-3/h5-8H,4H2,1-3H3,(H2,17,18,19,20). The highest BCUT2D eigenvalue weighted by molar-refractivity contribution is 5.72. The van der Waals surface area contributed by atoms with Crippen LogP contribution in [0.2, 0.25) is 0 Å². The summed E-state index contributed by atoms with van der Waals surface area (Å²) in [6.45, 7) is 4.59. The zero-order valence-corrected chi connectivity index (χ0v) is 12.3. The molecule has 0 saturated carbocycles. The summed E-state index contributed by atoms with van der Waals surface area (Å²) in [5.74, 6) is 2.58. The summed E-state index contributed by atoms with van der Waals surface area (Å²) in [4.78, 5) is 8.63. The van der Waals surface area contributed by atoms with Crippen LogP contribution in [0.5, 0.6) is 5.75 Å². The molecule has 1 aromatic carbocycles. The number of nitriles is 1. The maximum absolute atomic E-state index is 9.22. The first-order valence-corrected chi connectivity index (χ1v) is 6.61. The molecule has 2 aromatic rings. The zero-order chi connectivity index (χ0) is 15.2. The molecule has 21 heavy (non-hydrogen) atoms. The lowest BCUT2D eigenvalue weighted by atomic mass is 10.2. The quantitative estimate of drug-likeness (QED) is 0.878. The molecule has 0 radical (unpaired) electrons. The molecule has 0 saturated heterocycles. The van der Waals surface area contributed by atoms with Gasteiger partial charge in [-0.2, -0.15) is 5.26 Å². The lowest BCUT2D eigenvalue weighted by Gasteiger charge is -2.13. The van der Waals surface area contributed by atoms with Crippen molar-refractivity contribution in [3.8, 4) is 11.8 Å². The maximum atomic E-state index is 9.22. The largest absolute Gasteiger partial charge is 0.495 e. The number of benzene rings is 1. The van der Waals surface area contributed by atoms with Crippen LogP contribution in [0.15, 0.2) is 24.3 Å². The van der Waals surface area contributed by atoms with Crippen molar-refractivity contribution in [2.45, 2.75) is 13.8 Å². The first kappa shape index (κ1) is 14.6. The van der Waals surface area contributed by atoms with E-state index in [2.05, 4.69) is 26.7 Å². The van der Waals surface area contributed by atoms with Crippen molar-refractivity contribution in [1.29, 1.82) is 5.26 Å². The molecule has 6 nitrogen and oxygen atoms in total. The van der Waals surface area contributed by atoms with Crippen LogP contribution in [0.1, 0.15) is 18.3 Å². The molecule has 6 heteroatoms. The van der Waals surface area contributed by atoms with Crippen LogP contribution in [0.25, 0.3) is 0 Å². The molecule has 0 aliphatic carbocycles. The third kappa shape index (κ3) is 3.39. The Morgan fingerprint density at radius 1 is 1.29 bits per heavy atom. The van der Waals surface area contributed by atoms with Crippen LogP contribution in [-0.4, -0.2) is 23.6 Å². The summed E-state index contributed by atoms with van der Waals surface area (Å²) in [5.41, 5.74) is 1.10. The minimum absolute atomic E-state index is 0.496. The van der Waals surface area contributed by atoms with E-state index < -0.39 is 0 Å². The Morgan fingerprint density at radius 2 is 2.05 bits per heavy atom. The second-order valence-corrected chi connectivity index (χ2v) is 4.34. The van der Waals surface area contributed by atoms with Crippen LogP contribution in [0.3, 0.4) is 0 Å². The molecule has 1 aromatic heterocycles. The SMILES string of the molecule is CCNc1cc(Nc2c(C#N)cccc2OC)nc(C)n1. The van der Waals surface area contributed by atoms with E-state index in [1.807, 2.05) is 13.8 Å². The van der Waals surface area contributed by atoms with E-state index >= 15 is 0 Å². The lowest BCUT2D eigenvalue weighted by Crippen LogP contribution is -2.05. The predicted molar refractivity (Wildman–Crippen MR) is 81.9 cm³/mol. The third-order valence-corrected chi connectivity index (χ3v) is 2.82. The number of methoxy groups -OCH3 is 1. The number of rotatable bonds is 5. The van der Waals surface area contributed by atoms with Crippen LogP contribution >= 0.6 is 0 Å². The summed E-state index contributed by atoms with van der Waals surface area (Å²) < 4.78 is 5.30. The number of aromatic nitrogens is 2. The molecule has 0 fully saturated rings. The Labute approximate surface area is 123 Å². The summed E-state index contributed by atoms with van der Waals surface area (Å²) in [7, 11) is 1.57. The Morgan fingerprint density at radius 3 is 2.71 bits per heavy atom. The highest BCUT2D eigenvalue weighted by Crippen LogP contribution is 2.30. The van der Waals surface area contributed by atoms with Crippen LogP contribution in [0.4, 0.5) is 17.3 Å². The fourth-order valence-corrected chi connectivity index (χ4v) is 1.95. The number of hydrogen-bond donors (Lipinski definition) is 2. The molecule has 0 amide bonds. The summed E-state index contributed by atoms with van der Waals surface area (Å²) in [6.07, 6.45) is 0. The lowest BCUT2D eigenvalue weighted by molar-refractivity contribution is 0.416. The van der Waals surface area contributed by atoms with Crippen LogP contribution in [0, 0.1) is 18.3 Å². The van der Waals surface area contributed by atoms with E-state index in [4.69, 9.17) is 4.74 Å². The van der Waals surface area contributed by atoms with Crippen molar-refractivity contribution in [2.75, 3.05) is 24.3 Å². The summed E-state index contributed by atoms with van der Waals surface area (Å²) >= 11 is 0. The van der Waals surface area contributed by atoms with Gasteiger partial charge < -0.3 is 15.4 Å². The number of nitrogens with one attached hydrogen (secondary N) is 2. The van der Waals surface area contributed by atoms with Gasteiger partial charge in [-0.1, -0.05) is 6.07 Å². The minimum atomic E-state index is 0.496. The van der Waals surface area contributed by atoms with Gasteiger partial charge in [-0.25, -0.2) is 9.97 Å². The molecule has 108 valence electrons. The molecule has 1 heterocycles. The van der Waals surface area contributed by atoms with Crippen molar-refractivity contribution in [1.82, 2.24) is 9.97 Å². The van der Waals surface area contributed by atoms with Crippen LogP contribution in [-0.2, 0) is 0 Å². The van der Waals surface area contributed by atoms with E-state index in [0.29, 0.717) is 28.6 Å². The van der Waals surface area contributed by atoms with Gasteiger partial charge in [-0.3, -0.25) is 0 Å². The van der Waals surface area contributed by atoms with Crippen molar-refractivity contribution in [3.05, 3.63) is 35.7 Å². The smallest absolute Gasteiger partial charge is 0.143 e. The van der Waals surface area contributed by atoms with E-state index in [-0.39, 0.29) is 0 Å². The molecular formula is C15H17N5O. The average Bonchev–Trinajstić information content (AvgIpc) is 2.47. The van der Waals surface area contributed by atoms with Crippen molar-refractivity contribution in [3.63, 3.8) is 0 Å². The molecule has 0 aliphatic rings. The molecule has 0 atom stereocenters. The Kier molecular flexibility index (Phi) is 4.57. The third-order valence-electron chi connectivity index (χ3n) is 2.82. The van der Waals surface area contributed by atoms with Gasteiger partial charge >= 0.3 is 0 Å². The second-order valence-electron chi connectivity index (χ2n) is 4.34. The number of para-hydroxylation sites is 1. The summed E-state index contributed by atoms with van der Waals surface area (Å²) in [6, 6.07) is 9.24. The van der Waals surface area contributed by atoms with Crippen molar-refractivity contribution in [2.24, 2.45) is 0 Å². The normalized spacial score (nSPS) is 9.81. The van der Waals surface area contributed by atoms with Gasteiger partial charge in [0.05, 0.1) is 12.7 Å². The first-order valence-electron chi connectivity index (χ1n) is 6.61. The second kappa shape index (κ2) is 6.57. The molecule has 2 N–H and O–H groups in total. The van der Waals surface area contributed by atoms with E-state index in [1.54, 1.807) is 31.4 Å². The number of aryl methyl sites for hydroxylation is 1. The van der Waals surface area contributed by atoms with Gasteiger partial charge in [0.15, 0.2) is 0 Å². The highest BCUT2D eigenvalue weighted by atomic mass is 16.5. The fourth-order valence-electron chi connectivity index (χ4n) is 1.95. The van der Waals surface area contributed by atoms with Crippen LogP contribution < -0.4 is 15.4 Å². The average molecular weight is 283 g/mol. The van der Waals surface area contributed by atoms with E-state index in [0.717, 1.165) is 12.4 Å². The van der Waals surface area contributed by atoms with Gasteiger partial charge in [-0.15, -0.1) is 0 Å². The van der Waals surface area contributed by atoms with E-state index in [9.17, 15) is 5.26 Å². The number of ether oxygens (including phenoxy) is 1. The molecular weight excluding hydrogens is 266 g/mol. The molecule has 0 spiro atoms. The number of nitrogens with zero attached hydrogens (tertiary/aromatic N) is 3. The van der Waals surface area contributed by atoms with Gasteiger partial charge in [0, 0.05) is 12.6 Å². The summed E-state index contributed by atoms with van der Waals surface area (Å²) in [5, 5.41) is 15.5. The topological polar surface area (TPSA) is 82.9 Å². The van der Waals surface area contributed by atoms with Gasteiger partial charge in [0.1, 0.15) is 35.0 Å². The predicted octanol–water partition coefficient (Wildman–Crippen LogP) is 2.84. The Hall–Kier alpha value is -2.81. The highest BCUT2D eigenvalue weighted by Gasteiger charge is 2.10. The van der Waals surface area contributed by atoms with Gasteiger partial charge in [-0.05, 0) is 26.0 Å². The van der Waals surface area contributed by atoms with Gasteiger partial charge in [0.25, 0.3) is 0 Å². The monoisotopic (exact) mass is 283 g/mol. The zero-order valence-electron chi connectivity index (χ0n) is 12.3.